The van der Waals surface area contributed by atoms with Gasteiger partial charge in [-0.1, -0.05) is 51.0 Å². The summed E-state index contributed by atoms with van der Waals surface area (Å²) in [5, 5.41) is 3.29. The van der Waals surface area contributed by atoms with Crippen molar-refractivity contribution >= 4 is 11.8 Å². The maximum atomic E-state index is 13.6. The number of amides is 2. The van der Waals surface area contributed by atoms with Crippen molar-refractivity contribution in [3.8, 4) is 11.5 Å². The number of benzene rings is 2. The van der Waals surface area contributed by atoms with E-state index in [1.165, 1.54) is 6.42 Å². The minimum absolute atomic E-state index is 0.0999. The third kappa shape index (κ3) is 4.56. The first-order valence-electron chi connectivity index (χ1n) is 11.9. The zero-order valence-corrected chi connectivity index (χ0v) is 20.0. The van der Waals surface area contributed by atoms with Gasteiger partial charge in [-0.05, 0) is 54.5 Å². The summed E-state index contributed by atoms with van der Waals surface area (Å²) in [6, 6.07) is 12.6. The Morgan fingerprint density at radius 3 is 2.67 bits per heavy atom. The van der Waals surface area contributed by atoms with Crippen LogP contribution in [0.2, 0.25) is 0 Å². The van der Waals surface area contributed by atoms with Crippen LogP contribution >= 0.6 is 0 Å². The van der Waals surface area contributed by atoms with Crippen LogP contribution in [0.15, 0.2) is 42.5 Å². The zero-order valence-electron chi connectivity index (χ0n) is 20.0. The summed E-state index contributed by atoms with van der Waals surface area (Å²) in [5.74, 6) is 2.05. The zero-order chi connectivity index (χ0) is 23.5. The Morgan fingerprint density at radius 2 is 1.91 bits per heavy atom. The number of carbonyl (C=O) groups excluding carboxylic acids is 2. The van der Waals surface area contributed by atoms with Crippen LogP contribution in [0.4, 0.5) is 0 Å². The number of nitrogens with zero attached hydrogens (tertiary/aromatic N) is 1. The molecule has 1 aliphatic heterocycles. The van der Waals surface area contributed by atoms with Gasteiger partial charge < -0.3 is 19.7 Å². The van der Waals surface area contributed by atoms with Gasteiger partial charge in [0.1, 0.15) is 6.04 Å². The molecule has 6 heteroatoms. The number of fused-ring (bicyclic) bond motifs is 1. The van der Waals surface area contributed by atoms with E-state index >= 15 is 0 Å². The second-order valence-corrected chi connectivity index (χ2v) is 9.22. The average Bonchev–Trinajstić information content (AvgIpc) is 3.09. The third-order valence-electron chi connectivity index (χ3n) is 7.22. The summed E-state index contributed by atoms with van der Waals surface area (Å²) < 4.78 is 11.1. The molecule has 2 aliphatic rings. The fourth-order valence-electron chi connectivity index (χ4n) is 5.15. The van der Waals surface area contributed by atoms with Crippen LogP contribution in [-0.4, -0.2) is 36.5 Å². The summed E-state index contributed by atoms with van der Waals surface area (Å²) in [5.41, 5.74) is 2.25. The first-order valence-corrected chi connectivity index (χ1v) is 11.9. The normalized spacial score (nSPS) is 24.4. The fraction of sp³-hybridized carbons (Fsp3) is 0.481. The molecule has 0 spiro atoms. The Bertz CT molecular complexity index is 1020. The van der Waals surface area contributed by atoms with E-state index in [2.05, 4.69) is 19.2 Å². The van der Waals surface area contributed by atoms with E-state index in [9.17, 15) is 9.59 Å². The minimum Gasteiger partial charge on any atom is -0.493 e. The van der Waals surface area contributed by atoms with Crippen molar-refractivity contribution in [1.82, 2.24) is 10.2 Å². The van der Waals surface area contributed by atoms with Crippen LogP contribution in [0.1, 0.15) is 67.6 Å². The number of ether oxygens (including phenoxy) is 2. The second kappa shape index (κ2) is 9.86. The fourth-order valence-corrected chi connectivity index (χ4v) is 5.15. The molecule has 1 N–H and O–H groups in total. The van der Waals surface area contributed by atoms with Gasteiger partial charge in [0.2, 0.25) is 5.91 Å². The van der Waals surface area contributed by atoms with Crippen LogP contribution < -0.4 is 14.8 Å². The summed E-state index contributed by atoms with van der Waals surface area (Å²) in [6.07, 6.45) is 3.30. The van der Waals surface area contributed by atoms with Crippen LogP contribution in [0.3, 0.4) is 0 Å². The molecular formula is C27H34N2O4. The molecule has 2 aromatic rings. The molecule has 0 aromatic heterocycles. The van der Waals surface area contributed by atoms with E-state index in [0.29, 0.717) is 42.0 Å². The topological polar surface area (TPSA) is 67.9 Å². The van der Waals surface area contributed by atoms with Gasteiger partial charge in [-0.15, -0.1) is 0 Å². The molecule has 1 aliphatic carbocycles. The van der Waals surface area contributed by atoms with Crippen LogP contribution in [0, 0.1) is 11.8 Å². The molecule has 2 amide bonds. The van der Waals surface area contributed by atoms with Gasteiger partial charge in [-0.2, -0.15) is 0 Å². The first-order chi connectivity index (χ1) is 15.9. The second-order valence-electron chi connectivity index (χ2n) is 9.22. The van der Waals surface area contributed by atoms with Crippen LogP contribution in [0.25, 0.3) is 0 Å². The number of hydrogen-bond acceptors (Lipinski definition) is 4. The van der Waals surface area contributed by atoms with Gasteiger partial charge in [-0.3, -0.25) is 9.59 Å². The van der Waals surface area contributed by atoms with E-state index in [-0.39, 0.29) is 17.9 Å². The molecular weight excluding hydrogens is 416 g/mol. The van der Waals surface area contributed by atoms with Crippen molar-refractivity contribution in [1.29, 1.82) is 0 Å². The summed E-state index contributed by atoms with van der Waals surface area (Å²) >= 11 is 0. The monoisotopic (exact) mass is 450 g/mol. The van der Waals surface area contributed by atoms with Gasteiger partial charge in [-0.25, -0.2) is 0 Å². The number of hydrogen-bond donors (Lipinski definition) is 1. The molecule has 4 rings (SSSR count). The quantitative estimate of drug-likeness (QED) is 0.662. The van der Waals surface area contributed by atoms with Crippen molar-refractivity contribution < 1.29 is 19.1 Å². The maximum Gasteiger partial charge on any atom is 0.255 e. The van der Waals surface area contributed by atoms with Crippen molar-refractivity contribution in [2.45, 2.75) is 58.7 Å². The van der Waals surface area contributed by atoms with Gasteiger partial charge in [0.05, 0.1) is 13.7 Å². The Morgan fingerprint density at radius 1 is 1.12 bits per heavy atom. The lowest BCUT2D eigenvalue weighted by Crippen LogP contribution is -2.48. The molecule has 1 saturated carbocycles. The molecule has 1 heterocycles. The predicted octanol–water partition coefficient (Wildman–Crippen LogP) is 4.73. The molecule has 2 aromatic carbocycles. The Kier molecular flexibility index (Phi) is 6.91. The minimum atomic E-state index is -0.643. The molecule has 1 fully saturated rings. The Labute approximate surface area is 196 Å². The standard InChI is InChI=1S/C27H34N2O4/c1-5-33-23-14-13-19(15-24(23)32-4)16-29-25(20-10-6-7-11-21(20)27(29)31)26(30)28-22-12-8-9-17(2)18(22)3/h6-7,10-11,13-15,17-18,22,25H,5,8-9,12,16H2,1-4H3,(H,28,30)/t17-,18-,22+,25+/m0/s1. The van der Waals surface area contributed by atoms with Crippen LogP contribution in [0.5, 0.6) is 11.5 Å². The van der Waals surface area contributed by atoms with Crippen LogP contribution in [-0.2, 0) is 11.3 Å². The van der Waals surface area contributed by atoms with Crippen molar-refractivity contribution in [3.05, 3.63) is 59.2 Å². The molecule has 176 valence electrons. The highest BCUT2D eigenvalue weighted by Gasteiger charge is 2.42. The molecule has 0 saturated heterocycles. The number of methoxy groups -OCH3 is 1. The molecule has 6 nitrogen and oxygen atoms in total. The lowest BCUT2D eigenvalue weighted by atomic mass is 9.78. The van der Waals surface area contributed by atoms with E-state index < -0.39 is 6.04 Å². The van der Waals surface area contributed by atoms with Gasteiger partial charge in [0, 0.05) is 18.2 Å². The lowest BCUT2D eigenvalue weighted by Gasteiger charge is -2.36. The number of carbonyl (C=O) groups is 2. The van der Waals surface area contributed by atoms with Crippen molar-refractivity contribution in [2.75, 3.05) is 13.7 Å². The van der Waals surface area contributed by atoms with E-state index in [4.69, 9.17) is 9.47 Å². The van der Waals surface area contributed by atoms with Crippen molar-refractivity contribution in [3.63, 3.8) is 0 Å². The van der Waals surface area contributed by atoms with E-state index in [1.54, 1.807) is 12.0 Å². The van der Waals surface area contributed by atoms with E-state index in [0.717, 1.165) is 24.0 Å². The lowest BCUT2D eigenvalue weighted by molar-refractivity contribution is -0.127. The third-order valence-corrected chi connectivity index (χ3v) is 7.22. The van der Waals surface area contributed by atoms with Crippen molar-refractivity contribution in [2.24, 2.45) is 11.8 Å². The predicted molar refractivity (Wildman–Crippen MR) is 127 cm³/mol. The highest BCUT2D eigenvalue weighted by atomic mass is 16.5. The van der Waals surface area contributed by atoms with E-state index in [1.807, 2.05) is 49.4 Å². The highest BCUT2D eigenvalue weighted by molar-refractivity contribution is 6.04. The van der Waals surface area contributed by atoms with Gasteiger partial charge in [0.15, 0.2) is 11.5 Å². The highest BCUT2D eigenvalue weighted by Crippen LogP contribution is 2.37. The largest absolute Gasteiger partial charge is 0.493 e. The Hall–Kier alpha value is -3.02. The molecule has 0 bridgehead atoms. The molecule has 4 atom stereocenters. The number of nitrogens with one attached hydrogen (secondary N) is 1. The summed E-state index contributed by atoms with van der Waals surface area (Å²) in [6.45, 7) is 7.24. The smallest absolute Gasteiger partial charge is 0.255 e. The first kappa shape index (κ1) is 23.1. The average molecular weight is 451 g/mol. The SMILES string of the molecule is CCOc1ccc(CN2C(=O)c3ccccc3[C@@H]2C(=O)N[C@@H]2CCC[C@H](C)[C@@H]2C)cc1OC. The molecule has 0 unspecified atom stereocenters. The Balaban J connectivity index is 1.61. The molecule has 33 heavy (non-hydrogen) atoms. The van der Waals surface area contributed by atoms with Gasteiger partial charge >= 0.3 is 0 Å². The maximum absolute atomic E-state index is 13.6. The summed E-state index contributed by atoms with van der Waals surface area (Å²) in [4.78, 5) is 28.6. The van der Waals surface area contributed by atoms with Gasteiger partial charge in [0.25, 0.3) is 5.91 Å². The number of rotatable bonds is 7. The summed E-state index contributed by atoms with van der Waals surface area (Å²) in [7, 11) is 1.60. The molecule has 0 radical (unpaired) electrons.